The summed E-state index contributed by atoms with van der Waals surface area (Å²) in [6.07, 6.45) is 2.64. The minimum Gasteiger partial charge on any atom is -0.460 e. The SMILES string of the molecule is CCCCOC(=O)N1CCN(C(=O)[C@H](CCC(=O)OC(C)(C)C)NC(=O)c2nc(-c3ccccc3)sc2CCCOC)CC1. The van der Waals surface area contributed by atoms with Gasteiger partial charge in [0.15, 0.2) is 0 Å². The molecule has 12 heteroatoms. The zero-order chi connectivity index (χ0) is 32.1. The van der Waals surface area contributed by atoms with Crippen molar-refractivity contribution in [3.8, 4) is 10.6 Å². The van der Waals surface area contributed by atoms with Crippen LogP contribution in [0.5, 0.6) is 0 Å². The number of methoxy groups -OCH3 is 1. The second kappa shape index (κ2) is 17.1. The smallest absolute Gasteiger partial charge is 0.409 e. The first-order chi connectivity index (χ1) is 21.0. The minimum absolute atomic E-state index is 0.0509. The molecular formula is C32H46N4O7S. The number of nitrogens with zero attached hydrogens (tertiary/aromatic N) is 3. The normalized spacial score (nSPS) is 14.2. The molecule has 1 aliphatic heterocycles. The molecule has 1 N–H and O–H groups in total. The quantitative estimate of drug-likeness (QED) is 0.235. The monoisotopic (exact) mass is 630 g/mol. The van der Waals surface area contributed by atoms with Crippen LogP contribution in [0.25, 0.3) is 10.6 Å². The van der Waals surface area contributed by atoms with Gasteiger partial charge in [0, 0.05) is 56.8 Å². The highest BCUT2D eigenvalue weighted by molar-refractivity contribution is 7.15. The number of ether oxygens (including phenoxy) is 3. The van der Waals surface area contributed by atoms with Gasteiger partial charge in [-0.25, -0.2) is 9.78 Å². The van der Waals surface area contributed by atoms with Gasteiger partial charge in [0.2, 0.25) is 5.91 Å². The average molecular weight is 631 g/mol. The third-order valence-corrected chi connectivity index (χ3v) is 8.08. The Bertz CT molecular complexity index is 1240. The van der Waals surface area contributed by atoms with Gasteiger partial charge in [-0.05, 0) is 46.5 Å². The number of hydrogen-bond donors (Lipinski definition) is 1. The number of rotatable bonds is 14. The van der Waals surface area contributed by atoms with E-state index < -0.39 is 23.5 Å². The number of carbonyl (C=O) groups is 4. The van der Waals surface area contributed by atoms with Crippen molar-refractivity contribution in [1.29, 1.82) is 0 Å². The Balaban J connectivity index is 1.77. The molecule has 0 unspecified atom stereocenters. The van der Waals surface area contributed by atoms with Crippen LogP contribution in [0, 0.1) is 0 Å². The van der Waals surface area contributed by atoms with Gasteiger partial charge in [-0.1, -0.05) is 43.7 Å². The van der Waals surface area contributed by atoms with E-state index in [0.717, 1.165) is 23.3 Å². The van der Waals surface area contributed by atoms with Crippen molar-refractivity contribution in [1.82, 2.24) is 20.1 Å². The molecule has 44 heavy (non-hydrogen) atoms. The van der Waals surface area contributed by atoms with Crippen molar-refractivity contribution in [3.63, 3.8) is 0 Å². The van der Waals surface area contributed by atoms with Gasteiger partial charge in [-0.3, -0.25) is 14.4 Å². The van der Waals surface area contributed by atoms with Crippen LogP contribution in [0.15, 0.2) is 30.3 Å². The number of unbranched alkanes of at least 4 members (excludes halogenated alkanes) is 1. The summed E-state index contributed by atoms with van der Waals surface area (Å²) in [5.41, 5.74) is 0.487. The third kappa shape index (κ3) is 10.9. The number of esters is 1. The molecule has 11 nitrogen and oxygen atoms in total. The summed E-state index contributed by atoms with van der Waals surface area (Å²) >= 11 is 1.44. The zero-order valence-electron chi connectivity index (χ0n) is 26.6. The van der Waals surface area contributed by atoms with Crippen LogP contribution < -0.4 is 5.32 Å². The van der Waals surface area contributed by atoms with E-state index in [0.29, 0.717) is 44.2 Å². The Labute approximate surface area is 264 Å². The largest absolute Gasteiger partial charge is 0.460 e. The van der Waals surface area contributed by atoms with Crippen molar-refractivity contribution in [2.24, 2.45) is 0 Å². The number of amides is 3. The van der Waals surface area contributed by atoms with Gasteiger partial charge in [-0.2, -0.15) is 0 Å². The highest BCUT2D eigenvalue weighted by Crippen LogP contribution is 2.29. The average Bonchev–Trinajstić information content (AvgIpc) is 3.43. The molecule has 242 valence electrons. The highest BCUT2D eigenvalue weighted by atomic mass is 32.1. The van der Waals surface area contributed by atoms with E-state index in [-0.39, 0.29) is 43.6 Å². The Morgan fingerprint density at radius 1 is 1.00 bits per heavy atom. The predicted octanol–water partition coefficient (Wildman–Crippen LogP) is 4.69. The number of piperazine rings is 1. The molecule has 0 saturated carbocycles. The second-order valence-corrected chi connectivity index (χ2v) is 12.8. The lowest BCUT2D eigenvalue weighted by Crippen LogP contribution is -2.56. The van der Waals surface area contributed by atoms with E-state index >= 15 is 0 Å². The molecule has 1 aromatic heterocycles. The molecule has 2 heterocycles. The summed E-state index contributed by atoms with van der Waals surface area (Å²) < 4.78 is 16.0. The van der Waals surface area contributed by atoms with E-state index in [4.69, 9.17) is 14.2 Å². The van der Waals surface area contributed by atoms with Crippen molar-refractivity contribution >= 4 is 35.2 Å². The molecule has 3 rings (SSSR count). The van der Waals surface area contributed by atoms with E-state index in [1.807, 2.05) is 37.3 Å². The van der Waals surface area contributed by atoms with E-state index in [2.05, 4.69) is 10.3 Å². The lowest BCUT2D eigenvalue weighted by atomic mass is 10.1. The first kappa shape index (κ1) is 35.0. The van der Waals surface area contributed by atoms with Crippen LogP contribution in [0.2, 0.25) is 0 Å². The van der Waals surface area contributed by atoms with Gasteiger partial charge in [0.05, 0.1) is 6.61 Å². The highest BCUT2D eigenvalue weighted by Gasteiger charge is 2.32. The molecule has 1 fully saturated rings. The number of nitrogens with one attached hydrogen (secondary N) is 1. The van der Waals surface area contributed by atoms with Crippen LogP contribution in [0.1, 0.15) is 75.2 Å². The molecule has 0 spiro atoms. The predicted molar refractivity (Wildman–Crippen MR) is 168 cm³/mol. The molecule has 3 amide bonds. The van der Waals surface area contributed by atoms with Gasteiger partial charge >= 0.3 is 12.1 Å². The number of hydrogen-bond acceptors (Lipinski definition) is 9. The number of carbonyl (C=O) groups excluding carboxylic acids is 4. The summed E-state index contributed by atoms with van der Waals surface area (Å²) in [5, 5.41) is 3.59. The zero-order valence-corrected chi connectivity index (χ0v) is 27.4. The number of aromatic nitrogens is 1. The van der Waals surface area contributed by atoms with Gasteiger partial charge in [-0.15, -0.1) is 11.3 Å². The van der Waals surface area contributed by atoms with Crippen molar-refractivity contribution in [2.45, 2.75) is 77.9 Å². The Hall–Kier alpha value is -3.51. The number of benzene rings is 1. The topological polar surface area (TPSA) is 127 Å². The summed E-state index contributed by atoms with van der Waals surface area (Å²) in [5.74, 6) is -1.25. The second-order valence-electron chi connectivity index (χ2n) is 11.7. The van der Waals surface area contributed by atoms with Gasteiger partial charge in [0.1, 0.15) is 22.3 Å². The molecule has 1 saturated heterocycles. The van der Waals surface area contributed by atoms with Crippen LogP contribution in [-0.2, 0) is 30.2 Å². The number of aryl methyl sites for hydroxylation is 1. The minimum atomic E-state index is -0.980. The van der Waals surface area contributed by atoms with E-state index in [1.54, 1.807) is 37.7 Å². The fourth-order valence-electron chi connectivity index (χ4n) is 4.64. The Kier molecular flexibility index (Phi) is 13.6. The Morgan fingerprint density at radius 2 is 1.68 bits per heavy atom. The van der Waals surface area contributed by atoms with Crippen molar-refractivity contribution < 1.29 is 33.4 Å². The first-order valence-corrected chi connectivity index (χ1v) is 16.1. The molecule has 0 bridgehead atoms. The van der Waals surface area contributed by atoms with E-state index in [9.17, 15) is 19.2 Å². The summed E-state index contributed by atoms with van der Waals surface area (Å²) in [7, 11) is 1.63. The number of thiazole rings is 1. The molecular weight excluding hydrogens is 584 g/mol. The standard InChI is InChI=1S/C32H46N4O7S/c1-6-7-22-42-31(40)36-19-17-35(18-20-36)30(39)24(15-16-26(37)43-32(2,3)4)33-28(38)27-25(14-11-21-41-5)44-29(34-27)23-12-9-8-10-13-23/h8-10,12-13,24H,6-7,11,14-22H2,1-5H3,(H,33,38)/t24-/m0/s1. The lowest BCUT2D eigenvalue weighted by Gasteiger charge is -2.36. The van der Waals surface area contributed by atoms with Crippen LogP contribution >= 0.6 is 11.3 Å². The van der Waals surface area contributed by atoms with E-state index in [1.165, 1.54) is 11.3 Å². The van der Waals surface area contributed by atoms with Crippen molar-refractivity contribution in [3.05, 3.63) is 40.9 Å². The molecule has 0 aliphatic carbocycles. The lowest BCUT2D eigenvalue weighted by molar-refractivity contribution is -0.155. The van der Waals surface area contributed by atoms with Gasteiger partial charge < -0.3 is 29.3 Å². The van der Waals surface area contributed by atoms with Crippen molar-refractivity contribution in [2.75, 3.05) is 46.5 Å². The molecule has 1 atom stereocenters. The summed E-state index contributed by atoms with van der Waals surface area (Å²) in [4.78, 5) is 61.1. The van der Waals surface area contributed by atoms with Crippen LogP contribution in [0.4, 0.5) is 4.79 Å². The van der Waals surface area contributed by atoms with Crippen LogP contribution in [0.3, 0.4) is 0 Å². The summed E-state index contributed by atoms with van der Waals surface area (Å²) in [6.45, 7) is 9.47. The van der Waals surface area contributed by atoms with Crippen LogP contribution in [-0.4, -0.2) is 96.8 Å². The molecule has 0 radical (unpaired) electrons. The van der Waals surface area contributed by atoms with Gasteiger partial charge in [0.25, 0.3) is 5.91 Å². The molecule has 2 aromatic rings. The summed E-state index contributed by atoms with van der Waals surface area (Å²) in [6, 6.07) is 8.64. The Morgan fingerprint density at radius 3 is 2.32 bits per heavy atom. The fourth-order valence-corrected chi connectivity index (χ4v) is 5.75. The third-order valence-electron chi connectivity index (χ3n) is 6.92. The maximum absolute atomic E-state index is 13.8. The maximum Gasteiger partial charge on any atom is 0.409 e. The molecule has 1 aliphatic rings. The first-order valence-electron chi connectivity index (χ1n) is 15.3. The molecule has 1 aromatic carbocycles. The fraction of sp³-hybridized carbons (Fsp3) is 0.594. The maximum atomic E-state index is 13.8.